The van der Waals surface area contributed by atoms with Crippen molar-refractivity contribution in [2.24, 2.45) is 0 Å². The number of halogens is 2. The van der Waals surface area contributed by atoms with Gasteiger partial charge in [-0.05, 0) is 37.0 Å². The number of hydrogen-bond acceptors (Lipinski definition) is 2. The summed E-state index contributed by atoms with van der Waals surface area (Å²) < 4.78 is 5.50. The highest BCUT2D eigenvalue weighted by atomic mass is 35.5. The maximum atomic E-state index is 10.0. The molecule has 1 aliphatic heterocycles. The minimum absolute atomic E-state index is 0.186. The molecule has 2 rings (SSSR count). The van der Waals surface area contributed by atoms with E-state index in [1.165, 1.54) is 0 Å². The Bertz CT molecular complexity index is 355. The topological polar surface area (TPSA) is 29.5 Å². The lowest BCUT2D eigenvalue weighted by Crippen LogP contribution is -2.19. The molecular formula is C13H16Cl2O2. The summed E-state index contributed by atoms with van der Waals surface area (Å²) in [6, 6.07) is 5.39. The van der Waals surface area contributed by atoms with E-state index in [2.05, 4.69) is 0 Å². The minimum Gasteiger partial charge on any atom is -0.393 e. The largest absolute Gasteiger partial charge is 0.393 e. The first-order valence-corrected chi connectivity index (χ1v) is 6.65. The van der Waals surface area contributed by atoms with E-state index < -0.39 is 6.10 Å². The quantitative estimate of drug-likeness (QED) is 0.911. The van der Waals surface area contributed by atoms with Crippen LogP contribution in [0.15, 0.2) is 18.2 Å². The highest BCUT2D eigenvalue weighted by Gasteiger charge is 2.20. The Morgan fingerprint density at radius 2 is 2.06 bits per heavy atom. The molecule has 1 fully saturated rings. The second-order valence-corrected chi connectivity index (χ2v) is 5.24. The first-order valence-electron chi connectivity index (χ1n) is 5.89. The molecule has 0 saturated carbocycles. The Labute approximate surface area is 111 Å². The van der Waals surface area contributed by atoms with Crippen LogP contribution < -0.4 is 0 Å². The molecule has 2 nitrogen and oxygen atoms in total. The Hall–Kier alpha value is -0.280. The molecule has 0 radical (unpaired) electrons. The zero-order valence-corrected chi connectivity index (χ0v) is 11.0. The van der Waals surface area contributed by atoms with Crippen molar-refractivity contribution in [2.75, 3.05) is 6.61 Å². The summed E-state index contributed by atoms with van der Waals surface area (Å²) in [6.07, 6.45) is 3.00. The van der Waals surface area contributed by atoms with Crippen molar-refractivity contribution in [2.45, 2.75) is 37.9 Å². The number of hydrogen-bond donors (Lipinski definition) is 1. The number of benzene rings is 1. The predicted octanol–water partition coefficient (Wildman–Crippen LogP) is 3.47. The van der Waals surface area contributed by atoms with Gasteiger partial charge in [-0.3, -0.25) is 0 Å². The highest BCUT2D eigenvalue weighted by molar-refractivity contribution is 6.35. The van der Waals surface area contributed by atoms with Crippen LogP contribution in [0.25, 0.3) is 0 Å². The van der Waals surface area contributed by atoms with Crippen molar-refractivity contribution in [1.29, 1.82) is 0 Å². The molecule has 17 heavy (non-hydrogen) atoms. The van der Waals surface area contributed by atoms with Gasteiger partial charge in [-0.1, -0.05) is 29.3 Å². The van der Waals surface area contributed by atoms with E-state index in [9.17, 15) is 5.11 Å². The Morgan fingerprint density at radius 3 is 2.65 bits per heavy atom. The maximum Gasteiger partial charge on any atom is 0.0606 e. The van der Waals surface area contributed by atoms with Crippen LogP contribution in [0.3, 0.4) is 0 Å². The van der Waals surface area contributed by atoms with Gasteiger partial charge in [-0.2, -0.15) is 0 Å². The molecule has 0 aromatic heterocycles. The van der Waals surface area contributed by atoms with Crippen molar-refractivity contribution in [3.05, 3.63) is 33.8 Å². The van der Waals surface area contributed by atoms with Gasteiger partial charge in [-0.25, -0.2) is 0 Å². The summed E-state index contributed by atoms with van der Waals surface area (Å²) in [4.78, 5) is 0. The molecule has 1 saturated heterocycles. The van der Waals surface area contributed by atoms with Crippen LogP contribution in [0.2, 0.25) is 10.0 Å². The average Bonchev–Trinajstić information content (AvgIpc) is 2.76. The van der Waals surface area contributed by atoms with Gasteiger partial charge in [0.25, 0.3) is 0 Å². The third-order valence-corrected chi connectivity index (χ3v) is 3.77. The first-order chi connectivity index (χ1) is 8.16. The smallest absolute Gasteiger partial charge is 0.0606 e. The number of ether oxygens (including phenoxy) is 1. The number of aliphatic hydroxyl groups is 1. The van der Waals surface area contributed by atoms with E-state index in [1.807, 2.05) is 0 Å². The van der Waals surface area contributed by atoms with Crippen LogP contribution >= 0.6 is 23.2 Å². The molecule has 2 atom stereocenters. The van der Waals surface area contributed by atoms with Crippen molar-refractivity contribution >= 4 is 23.2 Å². The summed E-state index contributed by atoms with van der Waals surface area (Å²) in [5.41, 5.74) is 0.821. The van der Waals surface area contributed by atoms with E-state index in [-0.39, 0.29) is 6.10 Å². The Morgan fingerprint density at radius 1 is 1.35 bits per heavy atom. The SMILES string of the molecule is OC(Cc1c(Cl)cccc1Cl)CC1CCCO1. The fraction of sp³-hybridized carbons (Fsp3) is 0.538. The van der Waals surface area contributed by atoms with Gasteiger partial charge < -0.3 is 9.84 Å². The van der Waals surface area contributed by atoms with Crippen molar-refractivity contribution in [1.82, 2.24) is 0 Å². The lowest BCUT2D eigenvalue weighted by Gasteiger charge is -2.16. The normalized spacial score (nSPS) is 21.7. The molecule has 4 heteroatoms. The zero-order chi connectivity index (χ0) is 12.3. The zero-order valence-electron chi connectivity index (χ0n) is 9.53. The second-order valence-electron chi connectivity index (χ2n) is 4.43. The Kier molecular flexibility index (Phi) is 4.69. The summed E-state index contributed by atoms with van der Waals surface area (Å²) in [6.45, 7) is 0.810. The molecular weight excluding hydrogens is 259 g/mol. The fourth-order valence-corrected chi connectivity index (χ4v) is 2.73. The van der Waals surface area contributed by atoms with Gasteiger partial charge >= 0.3 is 0 Å². The lowest BCUT2D eigenvalue weighted by atomic mass is 10.0. The van der Waals surface area contributed by atoms with Gasteiger partial charge in [0.1, 0.15) is 0 Å². The van der Waals surface area contributed by atoms with E-state index in [0.717, 1.165) is 25.0 Å². The molecule has 0 spiro atoms. The van der Waals surface area contributed by atoms with Gasteiger partial charge in [0.15, 0.2) is 0 Å². The molecule has 1 aliphatic rings. The van der Waals surface area contributed by atoms with Gasteiger partial charge in [0.2, 0.25) is 0 Å². The summed E-state index contributed by atoms with van der Waals surface area (Å²) in [5, 5.41) is 11.2. The van der Waals surface area contributed by atoms with Gasteiger partial charge in [0.05, 0.1) is 12.2 Å². The first kappa shape index (κ1) is 13.2. The summed E-state index contributed by atoms with van der Waals surface area (Å²) in [5.74, 6) is 0. The predicted molar refractivity (Wildman–Crippen MR) is 69.8 cm³/mol. The van der Waals surface area contributed by atoms with Crippen molar-refractivity contribution in [3.63, 3.8) is 0 Å². The summed E-state index contributed by atoms with van der Waals surface area (Å²) in [7, 11) is 0. The monoisotopic (exact) mass is 274 g/mol. The van der Waals surface area contributed by atoms with Crippen LogP contribution in [0.1, 0.15) is 24.8 Å². The number of rotatable bonds is 4. The highest BCUT2D eigenvalue weighted by Crippen LogP contribution is 2.27. The Balaban J connectivity index is 1.95. The van der Waals surface area contributed by atoms with Crippen LogP contribution in [0.5, 0.6) is 0 Å². The standard InChI is InChI=1S/C13H16Cl2O2/c14-12-4-1-5-13(15)11(12)8-9(16)7-10-3-2-6-17-10/h1,4-5,9-10,16H,2-3,6-8H2. The molecule has 1 aromatic carbocycles. The fourth-order valence-electron chi connectivity index (χ4n) is 2.18. The molecule has 2 unspecified atom stereocenters. The van der Waals surface area contributed by atoms with E-state index in [1.54, 1.807) is 18.2 Å². The van der Waals surface area contributed by atoms with E-state index >= 15 is 0 Å². The minimum atomic E-state index is -0.449. The van der Waals surface area contributed by atoms with E-state index in [4.69, 9.17) is 27.9 Å². The van der Waals surface area contributed by atoms with Gasteiger partial charge in [-0.15, -0.1) is 0 Å². The van der Waals surface area contributed by atoms with Crippen LogP contribution in [0.4, 0.5) is 0 Å². The molecule has 1 aromatic rings. The lowest BCUT2D eigenvalue weighted by molar-refractivity contribution is 0.0541. The van der Waals surface area contributed by atoms with Crippen LogP contribution in [-0.4, -0.2) is 23.9 Å². The molecule has 1 N–H and O–H groups in total. The van der Waals surface area contributed by atoms with Gasteiger partial charge in [0, 0.05) is 23.1 Å². The molecule has 1 heterocycles. The van der Waals surface area contributed by atoms with E-state index in [0.29, 0.717) is 22.9 Å². The number of aliphatic hydroxyl groups excluding tert-OH is 1. The molecule has 0 aliphatic carbocycles. The van der Waals surface area contributed by atoms with Crippen molar-refractivity contribution in [3.8, 4) is 0 Å². The third kappa shape index (κ3) is 3.59. The maximum absolute atomic E-state index is 10.0. The molecule has 0 bridgehead atoms. The van der Waals surface area contributed by atoms with Crippen molar-refractivity contribution < 1.29 is 9.84 Å². The van der Waals surface area contributed by atoms with Crippen LogP contribution in [0, 0.1) is 0 Å². The molecule has 0 amide bonds. The molecule has 94 valence electrons. The van der Waals surface area contributed by atoms with Crippen LogP contribution in [-0.2, 0) is 11.2 Å². The summed E-state index contributed by atoms with van der Waals surface area (Å²) >= 11 is 12.1. The second kappa shape index (κ2) is 6.05. The average molecular weight is 275 g/mol. The third-order valence-electron chi connectivity index (χ3n) is 3.06.